The van der Waals surface area contributed by atoms with Crippen LogP contribution >= 0.6 is 0 Å². The highest BCUT2D eigenvalue weighted by Gasteiger charge is 2.70. The van der Waals surface area contributed by atoms with Gasteiger partial charge in [0.25, 0.3) is 0 Å². The lowest BCUT2D eigenvalue weighted by atomic mass is 9.58. The molecule has 6 spiro atoms. The van der Waals surface area contributed by atoms with Crippen molar-refractivity contribution in [3.8, 4) is 0 Å². The number of rotatable bonds is 5. The van der Waals surface area contributed by atoms with Crippen LogP contribution < -0.4 is 0 Å². The standard InChI is InChI=1S/2C30H34N2O.C28H29NO2/c2*1-28-10-8-24-17-23-4-5-25(32-14-15-32)18-29(23)11-12-30(24,33-29)27(28)7-6-26(28)21-3-2-20-9-13-31-19-22(20)16-21;1-26-10-8-22-15-21-4-5-23(30)16-27(21)11-12-28(22,31-27)25(26)7-6-24(26)19-3-2-18-9-13-29-17-20(18)14-19/h2*2-3,8-9,13,16-17,19,25-27H,4-7,10-12,14-15,18H2,1H3;2-3,8-9,13-15,17,24-25H,4-7,10-12,16H2,1H3/t25-,26?,27+,28+,29+,30?;25-,26?,27-,28-,29-,30?;24?,25-,26-,27-,28?/m011/s1. The lowest BCUT2D eigenvalue weighted by Crippen LogP contribution is -2.54. The first-order chi connectivity index (χ1) is 47.2. The highest BCUT2D eigenvalue weighted by molar-refractivity contribution is 5.85. The number of fused-ring (bicyclic) bond motifs is 6. The highest BCUT2D eigenvalue weighted by Crippen LogP contribution is 2.73. The molecule has 17 atom stereocenters. The van der Waals surface area contributed by atoms with Crippen molar-refractivity contribution in [3.63, 3.8) is 0 Å². The SMILES string of the molecule is C[C@]12CC=C3C=C4CCC(=O)C[C@]45CCC3(O5)[C@@H]1CCC2c1ccc2ccncc2c1.C[C@]12CC=C3C=C4CC[C@@H](N5CC5)C[C@]45CCC3(O5)[C@@H]1CCC2c1ccc2ccncc2c1.C[C@]12CC=C3C=C4CC[C@H](N5CC5)C[C@]45CCC3(O5)[C@@H]1CCC2c1ccc2ccncc2c1. The summed E-state index contributed by atoms with van der Waals surface area (Å²) >= 11 is 0. The first-order valence-electron chi connectivity index (χ1n) is 38.6. The normalized spacial score (nSPS) is 42.6. The number of benzene rings is 3. The van der Waals surface area contributed by atoms with Gasteiger partial charge in [0.15, 0.2) is 0 Å². The zero-order chi connectivity index (χ0) is 64.5. The Morgan fingerprint density at radius 1 is 0.402 bits per heavy atom. The van der Waals surface area contributed by atoms with Crippen LogP contribution in [0.3, 0.4) is 0 Å². The molecule has 6 saturated carbocycles. The summed E-state index contributed by atoms with van der Waals surface area (Å²) in [4.78, 5) is 30.8. The summed E-state index contributed by atoms with van der Waals surface area (Å²) in [5.74, 6) is 3.88. The second kappa shape index (κ2) is 21.0. The summed E-state index contributed by atoms with van der Waals surface area (Å²) in [6.07, 6.45) is 54.9. The Bertz CT molecular complexity index is 4360. The van der Waals surface area contributed by atoms with Gasteiger partial charge in [-0.05, 0) is 296 Å². The molecule has 3 aromatic carbocycles. The van der Waals surface area contributed by atoms with Crippen molar-refractivity contribution in [1.29, 1.82) is 0 Å². The molecule has 9 aliphatic carbocycles. The third-order valence-corrected chi connectivity index (χ3v) is 31.0. The molecular formula is C88H97N5O4. The minimum absolute atomic E-state index is 0.0355. The molecule has 11 fully saturated rings. The second-order valence-corrected chi connectivity index (χ2v) is 35.1. The smallest absolute Gasteiger partial charge is 0.136 e. The van der Waals surface area contributed by atoms with Crippen LogP contribution in [0.4, 0.5) is 0 Å². The maximum Gasteiger partial charge on any atom is 0.136 e. The molecule has 0 radical (unpaired) electrons. The predicted octanol–water partition coefficient (Wildman–Crippen LogP) is 18.4. The molecule has 8 aliphatic heterocycles. The van der Waals surface area contributed by atoms with E-state index in [1.54, 1.807) is 22.3 Å². The number of Topliss-reactive ketones (excluding diaryl/α,β-unsaturated/α-hetero) is 1. The minimum atomic E-state index is -0.294. The van der Waals surface area contributed by atoms with Gasteiger partial charge in [-0.15, -0.1) is 0 Å². The number of hydrogen-bond donors (Lipinski definition) is 0. The number of ketones is 1. The van der Waals surface area contributed by atoms with Gasteiger partial charge in [0.1, 0.15) is 5.78 Å². The molecule has 0 N–H and O–H groups in total. The van der Waals surface area contributed by atoms with Crippen molar-refractivity contribution >= 4 is 38.1 Å². The quantitative estimate of drug-likeness (QED) is 0.157. The van der Waals surface area contributed by atoms with Gasteiger partial charge in [-0.2, -0.15) is 0 Å². The number of nitrogens with zero attached hydrogens (tertiary/aromatic N) is 5. The van der Waals surface area contributed by atoms with Crippen molar-refractivity contribution in [3.05, 3.63) is 197 Å². The van der Waals surface area contributed by atoms with E-state index < -0.39 is 0 Å². The van der Waals surface area contributed by atoms with E-state index in [2.05, 4.69) is 155 Å². The summed E-state index contributed by atoms with van der Waals surface area (Å²) in [5.41, 5.74) is 13.9. The number of carbonyl (C=O) groups excluding carboxylic acids is 1. The van der Waals surface area contributed by atoms with Crippen LogP contribution in [0.25, 0.3) is 32.3 Å². The van der Waals surface area contributed by atoms with Gasteiger partial charge < -0.3 is 14.2 Å². The highest BCUT2D eigenvalue weighted by atomic mass is 16.5. The van der Waals surface area contributed by atoms with E-state index in [0.29, 0.717) is 54.1 Å². The average molecular weight is 1290 g/mol. The van der Waals surface area contributed by atoms with Gasteiger partial charge in [0.2, 0.25) is 0 Å². The van der Waals surface area contributed by atoms with Gasteiger partial charge in [-0.1, -0.05) is 93.6 Å². The molecule has 9 heteroatoms. The molecule has 9 nitrogen and oxygen atoms in total. The largest absolute Gasteiger partial charge is 0.359 e. The van der Waals surface area contributed by atoms with Crippen LogP contribution in [0, 0.1) is 34.0 Å². The van der Waals surface area contributed by atoms with Crippen molar-refractivity contribution in [2.45, 2.75) is 238 Å². The molecule has 97 heavy (non-hydrogen) atoms. The van der Waals surface area contributed by atoms with Crippen LogP contribution in [-0.2, 0) is 19.0 Å². The van der Waals surface area contributed by atoms with Gasteiger partial charge in [-0.3, -0.25) is 29.5 Å². The molecule has 3 aromatic heterocycles. The molecule has 6 unspecified atom stereocenters. The number of ether oxygens (including phenoxy) is 3. The van der Waals surface area contributed by atoms with Gasteiger partial charge >= 0.3 is 0 Å². The Labute approximate surface area is 573 Å². The topological polar surface area (TPSA) is 89.5 Å². The van der Waals surface area contributed by atoms with E-state index in [-0.39, 0.29) is 49.9 Å². The maximum atomic E-state index is 12.4. The van der Waals surface area contributed by atoms with Gasteiger partial charge in [0.05, 0.1) is 33.6 Å². The lowest BCUT2D eigenvalue weighted by molar-refractivity contribution is -0.146. The third-order valence-electron chi connectivity index (χ3n) is 31.0. The zero-order valence-electron chi connectivity index (χ0n) is 57.6. The van der Waals surface area contributed by atoms with Crippen LogP contribution in [-0.4, -0.2) is 102 Å². The number of pyridine rings is 3. The molecule has 11 heterocycles. The fourth-order valence-corrected chi connectivity index (χ4v) is 26.1. The van der Waals surface area contributed by atoms with E-state index in [1.165, 1.54) is 202 Å². The summed E-state index contributed by atoms with van der Waals surface area (Å²) in [6, 6.07) is 29.0. The van der Waals surface area contributed by atoms with Crippen molar-refractivity contribution < 1.29 is 19.0 Å². The van der Waals surface area contributed by atoms with Crippen molar-refractivity contribution in [2.75, 3.05) is 26.2 Å². The molecule has 6 bridgehead atoms. The molecule has 0 amide bonds. The molecule has 6 aromatic rings. The second-order valence-electron chi connectivity index (χ2n) is 35.1. The summed E-state index contributed by atoms with van der Waals surface area (Å²) in [6.45, 7) is 12.9. The van der Waals surface area contributed by atoms with Crippen LogP contribution in [0.15, 0.2) is 180 Å². The molecule has 23 rings (SSSR count). The van der Waals surface area contributed by atoms with Crippen molar-refractivity contribution in [2.24, 2.45) is 34.0 Å². The van der Waals surface area contributed by atoms with Crippen LogP contribution in [0.5, 0.6) is 0 Å². The van der Waals surface area contributed by atoms with E-state index in [0.717, 1.165) is 37.8 Å². The number of carbonyl (C=O) groups is 1. The Hall–Kier alpha value is -6.20. The van der Waals surface area contributed by atoms with E-state index in [9.17, 15) is 4.79 Å². The fourth-order valence-electron chi connectivity index (χ4n) is 26.1. The Balaban J connectivity index is 0.0000000963. The number of allylic oxidation sites excluding steroid dienone is 3. The van der Waals surface area contributed by atoms with Crippen LogP contribution in [0.1, 0.15) is 209 Å². The Morgan fingerprint density at radius 2 is 0.773 bits per heavy atom. The number of aromatic nitrogens is 3. The first-order valence-corrected chi connectivity index (χ1v) is 38.6. The van der Waals surface area contributed by atoms with E-state index in [1.807, 2.05) is 37.2 Å². The van der Waals surface area contributed by atoms with Gasteiger partial charge in [-0.25, -0.2) is 0 Å². The Morgan fingerprint density at radius 3 is 1.16 bits per heavy atom. The first kappa shape index (κ1) is 59.6. The third kappa shape index (κ3) is 8.59. The summed E-state index contributed by atoms with van der Waals surface area (Å²) in [5, 5.41) is 7.63. The molecular weight excluding hydrogens is 1190 g/mol. The monoisotopic (exact) mass is 1290 g/mol. The van der Waals surface area contributed by atoms with Gasteiger partial charge in [0, 0.05) is 104 Å². The molecule has 17 aliphatic rings. The summed E-state index contributed by atoms with van der Waals surface area (Å²) < 4.78 is 22.0. The molecule has 498 valence electrons. The molecule has 5 saturated heterocycles. The average Bonchev–Trinajstić information content (AvgIpc) is 1.56. The maximum absolute atomic E-state index is 12.4. The Kier molecular flexibility index (Phi) is 12.9. The summed E-state index contributed by atoms with van der Waals surface area (Å²) in [7, 11) is 0. The van der Waals surface area contributed by atoms with E-state index in [4.69, 9.17) is 14.2 Å². The fraction of sp³-hybridized carbons (Fsp3) is 0.545. The number of hydrogen-bond acceptors (Lipinski definition) is 9. The minimum Gasteiger partial charge on any atom is -0.359 e. The lowest BCUT2D eigenvalue weighted by Gasteiger charge is -2.54. The van der Waals surface area contributed by atoms with E-state index >= 15 is 0 Å². The van der Waals surface area contributed by atoms with Crippen LogP contribution in [0.2, 0.25) is 0 Å². The predicted molar refractivity (Wildman–Crippen MR) is 383 cm³/mol. The zero-order valence-corrected chi connectivity index (χ0v) is 57.6. The van der Waals surface area contributed by atoms with Crippen molar-refractivity contribution in [1.82, 2.24) is 24.8 Å².